The van der Waals surface area contributed by atoms with Gasteiger partial charge in [-0.1, -0.05) is 0 Å². The van der Waals surface area contributed by atoms with Crippen molar-refractivity contribution in [1.29, 1.82) is 0 Å². The molecule has 1 aromatic rings. The van der Waals surface area contributed by atoms with Crippen LogP contribution in [0.1, 0.15) is 6.92 Å². The Morgan fingerprint density at radius 3 is 2.87 bits per heavy atom. The summed E-state index contributed by atoms with van der Waals surface area (Å²) in [5.41, 5.74) is -0.00606. The van der Waals surface area contributed by atoms with Gasteiger partial charge < -0.3 is 15.7 Å². The first-order valence-electron chi connectivity index (χ1n) is 6.98. The average molecular weight is 353 g/mol. The first kappa shape index (κ1) is 15.9. The second-order valence-corrected chi connectivity index (χ2v) is 7.62. The molecule has 23 heavy (non-hydrogen) atoms. The lowest BCUT2D eigenvalue weighted by molar-refractivity contribution is -0.150. The van der Waals surface area contributed by atoms with Crippen molar-refractivity contribution in [1.82, 2.24) is 10.2 Å². The normalized spacial score (nSPS) is 26.0. The molecular weight excluding hydrogens is 338 g/mol. The number of β-lactam (4-membered cyclic amide) rings is 1. The zero-order chi connectivity index (χ0) is 16.6. The fourth-order valence-electron chi connectivity index (χ4n) is 2.50. The zero-order valence-electron chi connectivity index (χ0n) is 12.2. The van der Waals surface area contributed by atoms with Gasteiger partial charge in [-0.15, -0.1) is 23.1 Å². The van der Waals surface area contributed by atoms with E-state index in [4.69, 9.17) is 0 Å². The number of anilines is 1. The summed E-state index contributed by atoms with van der Waals surface area (Å²) < 4.78 is 0. The zero-order valence-corrected chi connectivity index (χ0v) is 13.8. The molecule has 9 heteroatoms. The van der Waals surface area contributed by atoms with E-state index in [0.717, 1.165) is 5.00 Å². The van der Waals surface area contributed by atoms with Crippen LogP contribution in [-0.2, 0) is 14.4 Å². The van der Waals surface area contributed by atoms with Gasteiger partial charge in [0.1, 0.15) is 17.1 Å². The third-order valence-electron chi connectivity index (χ3n) is 3.53. The minimum absolute atomic E-state index is 0.00606. The number of carbonyl (C=O) groups excluding carboxylic acids is 2. The van der Waals surface area contributed by atoms with Crippen molar-refractivity contribution < 1.29 is 19.5 Å². The van der Waals surface area contributed by atoms with Crippen LogP contribution in [0.3, 0.4) is 0 Å². The van der Waals surface area contributed by atoms with E-state index in [1.807, 2.05) is 24.4 Å². The second kappa shape index (κ2) is 6.25. The number of hydrogen-bond acceptors (Lipinski definition) is 6. The molecule has 2 amide bonds. The van der Waals surface area contributed by atoms with E-state index in [1.54, 1.807) is 6.08 Å². The summed E-state index contributed by atoms with van der Waals surface area (Å²) in [4.78, 5) is 36.6. The molecule has 1 fully saturated rings. The highest BCUT2D eigenvalue weighted by Crippen LogP contribution is 2.40. The van der Waals surface area contributed by atoms with E-state index in [0.29, 0.717) is 0 Å². The molecule has 0 bridgehead atoms. The van der Waals surface area contributed by atoms with Crippen LogP contribution < -0.4 is 10.6 Å². The fourth-order valence-corrected chi connectivity index (χ4v) is 4.44. The number of carboxylic acids is 1. The number of fused-ring (bicyclic) bond motifs is 1. The molecule has 0 aromatic carbocycles. The van der Waals surface area contributed by atoms with Gasteiger partial charge in [-0.3, -0.25) is 14.5 Å². The molecule has 1 saturated heterocycles. The number of thiophene rings is 1. The van der Waals surface area contributed by atoms with Gasteiger partial charge in [0, 0.05) is 5.25 Å². The maximum absolute atomic E-state index is 12.2. The van der Waals surface area contributed by atoms with E-state index >= 15 is 0 Å². The highest BCUT2D eigenvalue weighted by Gasteiger charge is 2.53. The molecule has 0 spiro atoms. The lowest BCUT2D eigenvalue weighted by Gasteiger charge is -2.49. The monoisotopic (exact) mass is 353 g/mol. The molecular formula is C14H15N3O4S2. The van der Waals surface area contributed by atoms with Crippen LogP contribution in [0.2, 0.25) is 0 Å². The van der Waals surface area contributed by atoms with Gasteiger partial charge in [0.15, 0.2) is 0 Å². The molecule has 3 rings (SSSR count). The van der Waals surface area contributed by atoms with Crippen molar-refractivity contribution >= 4 is 45.9 Å². The molecule has 0 radical (unpaired) electrons. The SMILES string of the molecule is CC1C=C(C(=O)O)N2C(=O)C(NC(=O)CNc3cccs3)[C@@H]2S1. The Balaban J connectivity index is 1.60. The number of nitrogens with zero attached hydrogens (tertiary/aromatic N) is 1. The molecule has 7 nitrogen and oxygen atoms in total. The number of thioether (sulfide) groups is 1. The number of hydrogen-bond donors (Lipinski definition) is 3. The smallest absolute Gasteiger partial charge is 0.352 e. The topological polar surface area (TPSA) is 98.7 Å². The molecule has 3 atom stereocenters. The van der Waals surface area contributed by atoms with Crippen LogP contribution in [0.5, 0.6) is 0 Å². The molecule has 3 N–H and O–H groups in total. The highest BCUT2D eigenvalue weighted by molar-refractivity contribution is 8.00. The number of amides is 2. The molecule has 2 aliphatic rings. The molecule has 3 heterocycles. The number of rotatable bonds is 5. The Hall–Kier alpha value is -2.00. The fraction of sp³-hybridized carbons (Fsp3) is 0.357. The number of aliphatic carboxylic acids is 1. The third-order valence-corrected chi connectivity index (χ3v) is 5.68. The van der Waals surface area contributed by atoms with Crippen molar-refractivity contribution in [2.24, 2.45) is 0 Å². The number of carboxylic acid groups (broad SMARTS) is 1. The van der Waals surface area contributed by atoms with Gasteiger partial charge in [-0.05, 0) is 30.5 Å². The Morgan fingerprint density at radius 1 is 1.43 bits per heavy atom. The maximum Gasteiger partial charge on any atom is 0.352 e. The van der Waals surface area contributed by atoms with Crippen molar-refractivity contribution in [2.75, 3.05) is 11.9 Å². The van der Waals surface area contributed by atoms with Crippen LogP contribution in [0.25, 0.3) is 0 Å². The van der Waals surface area contributed by atoms with Crippen molar-refractivity contribution in [2.45, 2.75) is 23.6 Å². The van der Waals surface area contributed by atoms with Gasteiger partial charge in [0.2, 0.25) is 5.91 Å². The maximum atomic E-state index is 12.2. The predicted molar refractivity (Wildman–Crippen MR) is 88.1 cm³/mol. The Morgan fingerprint density at radius 2 is 2.22 bits per heavy atom. The predicted octanol–water partition coefficient (Wildman–Crippen LogP) is 0.917. The van der Waals surface area contributed by atoms with Gasteiger partial charge >= 0.3 is 5.97 Å². The lowest BCUT2D eigenvalue weighted by atomic mass is 10.0. The van der Waals surface area contributed by atoms with Crippen LogP contribution in [-0.4, -0.2) is 51.0 Å². The average Bonchev–Trinajstić information content (AvgIpc) is 3.03. The third kappa shape index (κ3) is 3.06. The first-order chi connectivity index (χ1) is 11.0. The van der Waals surface area contributed by atoms with Crippen molar-refractivity contribution in [3.8, 4) is 0 Å². The summed E-state index contributed by atoms with van der Waals surface area (Å²) in [7, 11) is 0. The van der Waals surface area contributed by atoms with Crippen LogP contribution in [0, 0.1) is 0 Å². The molecule has 0 saturated carbocycles. The highest BCUT2D eigenvalue weighted by atomic mass is 32.2. The summed E-state index contributed by atoms with van der Waals surface area (Å²) in [5.74, 6) is -1.80. The van der Waals surface area contributed by atoms with Gasteiger partial charge in [-0.25, -0.2) is 4.79 Å². The quantitative estimate of drug-likeness (QED) is 0.681. The summed E-state index contributed by atoms with van der Waals surface area (Å²) in [6.07, 6.45) is 1.55. The standard InChI is InChI=1S/C14H15N3O4S2/c1-7-5-8(14(20)21)17-12(19)11(13(17)23-7)16-9(18)6-15-10-3-2-4-22-10/h2-5,7,11,13,15H,6H2,1H3,(H,16,18)(H,20,21)/t7?,11?,13-/m0/s1. The van der Waals surface area contributed by atoms with Gasteiger partial charge in [0.05, 0.1) is 11.5 Å². The Labute approximate surface area is 140 Å². The molecule has 0 aliphatic carbocycles. The minimum Gasteiger partial charge on any atom is -0.477 e. The van der Waals surface area contributed by atoms with E-state index < -0.39 is 12.0 Å². The van der Waals surface area contributed by atoms with Crippen molar-refractivity contribution in [3.63, 3.8) is 0 Å². The van der Waals surface area contributed by atoms with E-state index in [9.17, 15) is 19.5 Å². The van der Waals surface area contributed by atoms with Crippen LogP contribution in [0.15, 0.2) is 29.3 Å². The summed E-state index contributed by atoms with van der Waals surface area (Å²) >= 11 is 2.94. The van der Waals surface area contributed by atoms with E-state index in [2.05, 4.69) is 10.6 Å². The molecule has 2 aliphatic heterocycles. The van der Waals surface area contributed by atoms with Crippen LogP contribution in [0.4, 0.5) is 5.00 Å². The van der Waals surface area contributed by atoms with E-state index in [1.165, 1.54) is 28.0 Å². The molecule has 1 aromatic heterocycles. The van der Waals surface area contributed by atoms with Gasteiger partial charge in [-0.2, -0.15) is 0 Å². The first-order valence-corrected chi connectivity index (χ1v) is 8.80. The molecule has 2 unspecified atom stereocenters. The Kier molecular flexibility index (Phi) is 4.31. The van der Waals surface area contributed by atoms with Gasteiger partial charge in [0.25, 0.3) is 5.91 Å². The second-order valence-electron chi connectivity index (χ2n) is 5.17. The number of carbonyl (C=O) groups is 3. The summed E-state index contributed by atoms with van der Waals surface area (Å²) in [6.45, 7) is 1.93. The largest absolute Gasteiger partial charge is 0.477 e. The minimum atomic E-state index is -1.13. The van der Waals surface area contributed by atoms with Crippen LogP contribution >= 0.6 is 23.1 Å². The summed E-state index contributed by atoms with van der Waals surface area (Å²) in [5, 5.41) is 17.2. The lowest BCUT2D eigenvalue weighted by Crippen LogP contribution is -2.70. The van der Waals surface area contributed by atoms with E-state index in [-0.39, 0.29) is 34.7 Å². The Bertz CT molecular complexity index is 674. The number of nitrogens with one attached hydrogen (secondary N) is 2. The molecule has 122 valence electrons. The van der Waals surface area contributed by atoms with Crippen molar-refractivity contribution in [3.05, 3.63) is 29.3 Å². The summed E-state index contributed by atoms with van der Waals surface area (Å²) in [6, 6.07) is 3.05.